The molecule has 122 valence electrons. The normalized spacial score (nSPS) is 23.1. The fourth-order valence-corrected chi connectivity index (χ4v) is 2.31. The van der Waals surface area contributed by atoms with E-state index in [9.17, 15) is 14.7 Å². The lowest BCUT2D eigenvalue weighted by Crippen LogP contribution is -2.48. The molecule has 21 heavy (non-hydrogen) atoms. The van der Waals surface area contributed by atoms with Gasteiger partial charge in [0.2, 0.25) is 0 Å². The molecule has 0 bridgehead atoms. The van der Waals surface area contributed by atoms with Crippen LogP contribution in [0.2, 0.25) is 0 Å². The first-order valence-corrected chi connectivity index (χ1v) is 7.65. The van der Waals surface area contributed by atoms with E-state index in [0.717, 1.165) is 0 Å². The minimum absolute atomic E-state index is 0.0576. The summed E-state index contributed by atoms with van der Waals surface area (Å²) >= 11 is 0. The van der Waals surface area contributed by atoms with Crippen LogP contribution in [0, 0.1) is 11.8 Å². The summed E-state index contributed by atoms with van der Waals surface area (Å²) < 4.78 is 5.35. The summed E-state index contributed by atoms with van der Waals surface area (Å²) in [7, 11) is 0. The molecule has 0 aromatic carbocycles. The number of carbonyl (C=O) groups excluding carboxylic acids is 2. The molecule has 1 aliphatic rings. The van der Waals surface area contributed by atoms with Crippen molar-refractivity contribution in [3.05, 3.63) is 0 Å². The lowest BCUT2D eigenvalue weighted by Gasteiger charge is -2.37. The fraction of sp³-hybridized carbons (Fsp3) is 0.875. The summed E-state index contributed by atoms with van der Waals surface area (Å²) in [5.41, 5.74) is -1.45. The van der Waals surface area contributed by atoms with E-state index in [-0.39, 0.29) is 23.7 Å². The maximum absolute atomic E-state index is 12.1. The lowest BCUT2D eigenvalue weighted by atomic mass is 9.80. The molecular formula is C16H29NO4. The highest BCUT2D eigenvalue weighted by molar-refractivity contribution is 5.84. The number of rotatable bonds is 3. The van der Waals surface area contributed by atoms with Crippen LogP contribution >= 0.6 is 0 Å². The molecule has 5 heteroatoms. The molecule has 1 aliphatic heterocycles. The molecule has 2 atom stereocenters. The zero-order chi connectivity index (χ0) is 16.4. The van der Waals surface area contributed by atoms with Crippen LogP contribution < -0.4 is 0 Å². The Morgan fingerprint density at radius 1 is 1.38 bits per heavy atom. The smallest absolute Gasteiger partial charge is 0.410 e. The summed E-state index contributed by atoms with van der Waals surface area (Å²) in [5, 5.41) is 10.4. The predicted octanol–water partition coefficient (Wildman–Crippen LogP) is 2.61. The SMILES string of the molecule is CC(C)C(C)(O)CC1CN(C(=O)OC(C)(C)C)CCC1=O. The second kappa shape index (κ2) is 6.34. The third-order valence-electron chi connectivity index (χ3n) is 4.08. The van der Waals surface area contributed by atoms with Crippen molar-refractivity contribution in [2.75, 3.05) is 13.1 Å². The van der Waals surface area contributed by atoms with Gasteiger partial charge in [-0.2, -0.15) is 0 Å². The summed E-state index contributed by atoms with van der Waals surface area (Å²) in [6.45, 7) is 11.8. The lowest BCUT2D eigenvalue weighted by molar-refractivity contribution is -0.129. The van der Waals surface area contributed by atoms with E-state index in [2.05, 4.69) is 0 Å². The molecule has 1 saturated heterocycles. The highest BCUT2D eigenvalue weighted by Crippen LogP contribution is 2.29. The summed E-state index contributed by atoms with van der Waals surface area (Å²) in [5.74, 6) is -0.137. The van der Waals surface area contributed by atoms with Crippen LogP contribution in [-0.2, 0) is 9.53 Å². The Labute approximate surface area is 127 Å². The maximum atomic E-state index is 12.1. The average Bonchev–Trinajstić information content (AvgIpc) is 2.29. The number of aliphatic hydroxyl groups is 1. The van der Waals surface area contributed by atoms with Crippen LogP contribution in [0.25, 0.3) is 0 Å². The number of hydrogen-bond acceptors (Lipinski definition) is 4. The molecule has 1 rings (SSSR count). The predicted molar refractivity (Wildman–Crippen MR) is 81.0 cm³/mol. The molecule has 1 fully saturated rings. The monoisotopic (exact) mass is 299 g/mol. The molecule has 0 aromatic rings. The molecule has 0 spiro atoms. The molecule has 0 saturated carbocycles. The van der Waals surface area contributed by atoms with Crippen molar-refractivity contribution >= 4 is 11.9 Å². The van der Waals surface area contributed by atoms with Crippen molar-refractivity contribution < 1.29 is 19.4 Å². The minimum Gasteiger partial charge on any atom is -0.444 e. The molecule has 0 aromatic heterocycles. The van der Waals surface area contributed by atoms with Gasteiger partial charge in [-0.3, -0.25) is 4.79 Å². The van der Waals surface area contributed by atoms with Gasteiger partial charge in [-0.25, -0.2) is 4.79 Å². The topological polar surface area (TPSA) is 66.8 Å². The summed E-state index contributed by atoms with van der Waals surface area (Å²) in [4.78, 5) is 25.7. The van der Waals surface area contributed by atoms with Crippen molar-refractivity contribution in [1.29, 1.82) is 0 Å². The Bertz CT molecular complexity index is 396. The Kier molecular flexibility index (Phi) is 5.42. The zero-order valence-corrected chi connectivity index (χ0v) is 14.1. The number of nitrogens with zero attached hydrogens (tertiary/aromatic N) is 1. The van der Waals surface area contributed by atoms with E-state index in [1.54, 1.807) is 11.8 Å². The van der Waals surface area contributed by atoms with E-state index in [1.165, 1.54) is 0 Å². The fourth-order valence-electron chi connectivity index (χ4n) is 2.31. The molecule has 0 radical (unpaired) electrons. The van der Waals surface area contributed by atoms with Gasteiger partial charge in [-0.15, -0.1) is 0 Å². The summed E-state index contributed by atoms with van der Waals surface area (Å²) in [6, 6.07) is 0. The Morgan fingerprint density at radius 3 is 2.43 bits per heavy atom. The van der Waals surface area contributed by atoms with Crippen molar-refractivity contribution in [2.45, 2.75) is 65.6 Å². The number of ketones is 1. The van der Waals surface area contributed by atoms with Crippen LogP contribution in [0.4, 0.5) is 4.79 Å². The van der Waals surface area contributed by atoms with Crippen molar-refractivity contribution in [3.63, 3.8) is 0 Å². The van der Waals surface area contributed by atoms with Gasteiger partial charge in [0.1, 0.15) is 11.4 Å². The third kappa shape index (κ3) is 5.30. The van der Waals surface area contributed by atoms with Crippen LogP contribution in [0.5, 0.6) is 0 Å². The van der Waals surface area contributed by atoms with Gasteiger partial charge in [-0.1, -0.05) is 13.8 Å². The van der Waals surface area contributed by atoms with Crippen molar-refractivity contribution in [1.82, 2.24) is 4.90 Å². The van der Waals surface area contributed by atoms with Crippen LogP contribution in [-0.4, -0.2) is 46.2 Å². The third-order valence-corrected chi connectivity index (χ3v) is 4.08. The second-order valence-electron chi connectivity index (χ2n) is 7.56. The number of Topliss-reactive ketones (excluding diaryl/α,β-unsaturated/α-hetero) is 1. The van der Waals surface area contributed by atoms with Crippen LogP contribution in [0.3, 0.4) is 0 Å². The first kappa shape index (κ1) is 18.0. The summed E-state index contributed by atoms with van der Waals surface area (Å²) in [6.07, 6.45) is 0.324. The van der Waals surface area contributed by atoms with E-state index in [4.69, 9.17) is 4.74 Å². The first-order chi connectivity index (χ1) is 9.42. The first-order valence-electron chi connectivity index (χ1n) is 7.65. The number of carbonyl (C=O) groups is 2. The van der Waals surface area contributed by atoms with Crippen molar-refractivity contribution in [2.24, 2.45) is 11.8 Å². The number of likely N-dealkylation sites (tertiary alicyclic amines) is 1. The Hall–Kier alpha value is -1.10. The largest absolute Gasteiger partial charge is 0.444 e. The quantitative estimate of drug-likeness (QED) is 0.870. The Morgan fingerprint density at radius 2 is 1.95 bits per heavy atom. The molecule has 1 amide bonds. The van der Waals surface area contributed by atoms with Gasteiger partial charge in [0.05, 0.1) is 5.60 Å². The van der Waals surface area contributed by atoms with E-state index >= 15 is 0 Å². The number of amides is 1. The second-order valence-corrected chi connectivity index (χ2v) is 7.56. The highest BCUT2D eigenvalue weighted by Gasteiger charge is 2.37. The minimum atomic E-state index is -0.905. The van der Waals surface area contributed by atoms with Gasteiger partial charge in [0.15, 0.2) is 0 Å². The van der Waals surface area contributed by atoms with Gasteiger partial charge < -0.3 is 14.7 Å². The molecule has 5 nitrogen and oxygen atoms in total. The van der Waals surface area contributed by atoms with Gasteiger partial charge in [-0.05, 0) is 40.0 Å². The van der Waals surface area contributed by atoms with Gasteiger partial charge in [0.25, 0.3) is 0 Å². The highest BCUT2D eigenvalue weighted by atomic mass is 16.6. The van der Waals surface area contributed by atoms with Gasteiger partial charge >= 0.3 is 6.09 Å². The van der Waals surface area contributed by atoms with E-state index < -0.39 is 11.2 Å². The number of ether oxygens (including phenoxy) is 1. The number of piperidine rings is 1. The van der Waals surface area contributed by atoms with Crippen molar-refractivity contribution in [3.8, 4) is 0 Å². The van der Waals surface area contributed by atoms with Crippen LogP contribution in [0.1, 0.15) is 54.4 Å². The Balaban J connectivity index is 2.70. The molecule has 0 aliphatic carbocycles. The maximum Gasteiger partial charge on any atom is 0.410 e. The van der Waals surface area contributed by atoms with Crippen LogP contribution in [0.15, 0.2) is 0 Å². The van der Waals surface area contributed by atoms with E-state index in [0.29, 0.717) is 25.9 Å². The molecule has 2 unspecified atom stereocenters. The molecule has 1 heterocycles. The number of hydrogen-bond donors (Lipinski definition) is 1. The van der Waals surface area contributed by atoms with Gasteiger partial charge in [0, 0.05) is 25.4 Å². The van der Waals surface area contributed by atoms with E-state index in [1.807, 2.05) is 34.6 Å². The standard InChI is InChI=1S/C16H29NO4/c1-11(2)16(6,20)9-12-10-17(8-7-13(12)18)14(19)21-15(3,4)5/h11-12,20H,7-10H2,1-6H3. The average molecular weight is 299 g/mol. The molecule has 1 N–H and O–H groups in total. The zero-order valence-electron chi connectivity index (χ0n) is 14.1. The molecular weight excluding hydrogens is 270 g/mol.